The lowest BCUT2D eigenvalue weighted by Gasteiger charge is -2.48. The van der Waals surface area contributed by atoms with Crippen molar-refractivity contribution in [3.05, 3.63) is 71.8 Å². The van der Waals surface area contributed by atoms with Gasteiger partial charge in [-0.3, -0.25) is 9.59 Å². The normalized spacial score (nSPS) is 26.1. The van der Waals surface area contributed by atoms with Crippen LogP contribution in [0.25, 0.3) is 0 Å². The van der Waals surface area contributed by atoms with E-state index in [2.05, 4.69) is 0 Å². The Hall–Kier alpha value is -2.62. The first-order chi connectivity index (χ1) is 11.1. The molecule has 1 fully saturated rings. The largest absolute Gasteiger partial charge is 0.481 e. The summed E-state index contributed by atoms with van der Waals surface area (Å²) >= 11 is 0. The zero-order chi connectivity index (χ0) is 16.4. The van der Waals surface area contributed by atoms with Gasteiger partial charge in [-0.05, 0) is 11.1 Å². The summed E-state index contributed by atoms with van der Waals surface area (Å²) in [5.74, 6) is -3.09. The van der Waals surface area contributed by atoms with Crippen molar-refractivity contribution in [3.63, 3.8) is 0 Å². The topological polar surface area (TPSA) is 63.6 Å². The number of hydrogen-bond acceptors (Lipinski definition) is 3. The van der Waals surface area contributed by atoms with Gasteiger partial charge < -0.3 is 9.84 Å². The molecule has 1 saturated carbocycles. The van der Waals surface area contributed by atoms with Gasteiger partial charge in [0.15, 0.2) is 0 Å². The highest BCUT2D eigenvalue weighted by Gasteiger charge is 2.58. The van der Waals surface area contributed by atoms with Crippen LogP contribution < -0.4 is 0 Å². The average molecular weight is 310 g/mol. The number of methoxy groups -OCH3 is 1. The third kappa shape index (κ3) is 2.61. The molecule has 2 aromatic carbocycles. The highest BCUT2D eigenvalue weighted by Crippen LogP contribution is 2.57. The molecule has 1 aliphatic carbocycles. The SMILES string of the molecule is COC(=O)C1[C@@H](c2ccccc2)C(C(=O)O)[C@@H]1c1ccccc1. The van der Waals surface area contributed by atoms with Crippen LogP contribution >= 0.6 is 0 Å². The van der Waals surface area contributed by atoms with E-state index in [9.17, 15) is 14.7 Å². The number of esters is 1. The molecule has 3 rings (SSSR count). The quantitative estimate of drug-likeness (QED) is 0.882. The van der Waals surface area contributed by atoms with Crippen LogP contribution in [0, 0.1) is 11.8 Å². The molecule has 0 unspecified atom stereocenters. The monoisotopic (exact) mass is 310 g/mol. The number of ether oxygens (including phenoxy) is 1. The Bertz CT molecular complexity index is 648. The molecular weight excluding hydrogens is 292 g/mol. The first-order valence-electron chi connectivity index (χ1n) is 7.55. The summed E-state index contributed by atoms with van der Waals surface area (Å²) in [7, 11) is 1.35. The average Bonchev–Trinajstić information content (AvgIpc) is 2.55. The zero-order valence-electron chi connectivity index (χ0n) is 12.8. The van der Waals surface area contributed by atoms with Crippen LogP contribution in [0.5, 0.6) is 0 Å². The van der Waals surface area contributed by atoms with Crippen molar-refractivity contribution in [2.24, 2.45) is 11.8 Å². The highest BCUT2D eigenvalue weighted by atomic mass is 16.5. The molecule has 0 aliphatic heterocycles. The summed E-state index contributed by atoms with van der Waals surface area (Å²) < 4.78 is 4.95. The van der Waals surface area contributed by atoms with E-state index in [1.807, 2.05) is 60.7 Å². The maximum absolute atomic E-state index is 12.3. The summed E-state index contributed by atoms with van der Waals surface area (Å²) in [5.41, 5.74) is 1.73. The summed E-state index contributed by atoms with van der Waals surface area (Å²) in [5, 5.41) is 9.72. The fourth-order valence-corrected chi connectivity index (χ4v) is 3.66. The maximum Gasteiger partial charge on any atom is 0.309 e. The molecule has 0 heterocycles. The summed E-state index contributed by atoms with van der Waals surface area (Å²) in [4.78, 5) is 24.2. The molecule has 1 aliphatic rings. The number of carbonyl (C=O) groups is 2. The minimum Gasteiger partial charge on any atom is -0.481 e. The van der Waals surface area contributed by atoms with Crippen molar-refractivity contribution < 1.29 is 19.4 Å². The highest BCUT2D eigenvalue weighted by molar-refractivity contribution is 5.84. The second-order valence-corrected chi connectivity index (χ2v) is 5.79. The molecule has 0 radical (unpaired) electrons. The minimum atomic E-state index is -0.882. The van der Waals surface area contributed by atoms with Gasteiger partial charge in [-0.2, -0.15) is 0 Å². The van der Waals surface area contributed by atoms with Crippen LogP contribution in [0.3, 0.4) is 0 Å². The summed E-state index contributed by atoms with van der Waals surface area (Å²) in [6.45, 7) is 0. The Morgan fingerprint density at radius 2 is 1.26 bits per heavy atom. The number of benzene rings is 2. The molecule has 1 N–H and O–H groups in total. The van der Waals surface area contributed by atoms with Gasteiger partial charge in [0.25, 0.3) is 0 Å². The molecule has 0 amide bonds. The third-order valence-electron chi connectivity index (χ3n) is 4.68. The molecule has 2 atom stereocenters. The van der Waals surface area contributed by atoms with Gasteiger partial charge in [0, 0.05) is 11.8 Å². The van der Waals surface area contributed by atoms with Crippen LogP contribution in [0.4, 0.5) is 0 Å². The Kier molecular flexibility index (Phi) is 4.15. The number of carbonyl (C=O) groups excluding carboxylic acids is 1. The Labute approximate surface area is 134 Å². The molecule has 118 valence electrons. The van der Waals surface area contributed by atoms with E-state index in [0.717, 1.165) is 11.1 Å². The van der Waals surface area contributed by atoms with Gasteiger partial charge in [0.05, 0.1) is 18.9 Å². The van der Waals surface area contributed by atoms with Crippen LogP contribution in [0.1, 0.15) is 23.0 Å². The first kappa shape index (κ1) is 15.3. The van der Waals surface area contributed by atoms with E-state index >= 15 is 0 Å². The van der Waals surface area contributed by atoms with Crippen LogP contribution in [-0.2, 0) is 14.3 Å². The van der Waals surface area contributed by atoms with Crippen molar-refractivity contribution in [3.8, 4) is 0 Å². The van der Waals surface area contributed by atoms with E-state index in [0.29, 0.717) is 0 Å². The summed E-state index contributed by atoms with van der Waals surface area (Å²) in [6, 6.07) is 18.7. The minimum absolute atomic E-state index is 0.356. The predicted molar refractivity (Wildman–Crippen MR) is 85.0 cm³/mol. The van der Waals surface area contributed by atoms with Gasteiger partial charge in [-0.1, -0.05) is 60.7 Å². The van der Waals surface area contributed by atoms with Gasteiger partial charge >= 0.3 is 11.9 Å². The van der Waals surface area contributed by atoms with E-state index in [4.69, 9.17) is 4.74 Å². The summed E-state index contributed by atoms with van der Waals surface area (Å²) in [6.07, 6.45) is 0. The van der Waals surface area contributed by atoms with Gasteiger partial charge in [-0.25, -0.2) is 0 Å². The standard InChI is InChI=1S/C19H18O4/c1-23-19(22)17-14(12-8-4-2-5-9-12)16(18(20)21)15(17)13-10-6-3-7-11-13/h2-11,14-17H,1H3,(H,20,21)/t14-,15-,16?,17?/m0/s1. The van der Waals surface area contributed by atoms with E-state index < -0.39 is 17.8 Å². The van der Waals surface area contributed by atoms with Crippen molar-refractivity contribution in [2.75, 3.05) is 7.11 Å². The molecule has 4 nitrogen and oxygen atoms in total. The molecule has 2 aromatic rings. The van der Waals surface area contributed by atoms with Crippen molar-refractivity contribution in [1.29, 1.82) is 0 Å². The third-order valence-corrected chi connectivity index (χ3v) is 4.68. The van der Waals surface area contributed by atoms with E-state index in [1.54, 1.807) is 0 Å². The fraction of sp³-hybridized carbons (Fsp3) is 0.263. The van der Waals surface area contributed by atoms with Crippen LogP contribution in [0.2, 0.25) is 0 Å². The lowest BCUT2D eigenvalue weighted by molar-refractivity contribution is -0.162. The number of hydrogen-bond donors (Lipinski definition) is 1. The number of rotatable bonds is 4. The van der Waals surface area contributed by atoms with Gasteiger partial charge in [0.2, 0.25) is 0 Å². The zero-order valence-corrected chi connectivity index (χ0v) is 12.8. The lowest BCUT2D eigenvalue weighted by atomic mass is 9.52. The molecule has 23 heavy (non-hydrogen) atoms. The number of carboxylic acids is 1. The lowest BCUT2D eigenvalue weighted by Crippen LogP contribution is -2.51. The molecule has 4 heteroatoms. The van der Waals surface area contributed by atoms with E-state index in [-0.39, 0.29) is 17.8 Å². The van der Waals surface area contributed by atoms with Gasteiger partial charge in [-0.15, -0.1) is 0 Å². The molecule has 0 spiro atoms. The van der Waals surface area contributed by atoms with Gasteiger partial charge in [0.1, 0.15) is 0 Å². The maximum atomic E-state index is 12.3. The second-order valence-electron chi connectivity index (χ2n) is 5.79. The van der Waals surface area contributed by atoms with Crippen molar-refractivity contribution in [1.82, 2.24) is 0 Å². The van der Waals surface area contributed by atoms with E-state index in [1.165, 1.54) is 7.11 Å². The molecular formula is C19H18O4. The molecule has 0 bridgehead atoms. The Morgan fingerprint density at radius 3 is 1.61 bits per heavy atom. The van der Waals surface area contributed by atoms with Crippen LogP contribution in [0.15, 0.2) is 60.7 Å². The smallest absolute Gasteiger partial charge is 0.309 e. The Morgan fingerprint density at radius 1 is 0.826 bits per heavy atom. The van der Waals surface area contributed by atoms with Crippen molar-refractivity contribution >= 4 is 11.9 Å². The molecule has 0 saturated heterocycles. The second kappa shape index (κ2) is 6.24. The predicted octanol–water partition coefficient (Wildman–Crippen LogP) is 3.06. The number of carboxylic acid groups (broad SMARTS) is 1. The number of aliphatic carboxylic acids is 1. The fourth-order valence-electron chi connectivity index (χ4n) is 3.66. The Balaban J connectivity index is 2.05. The first-order valence-corrected chi connectivity index (χ1v) is 7.55. The molecule has 0 aromatic heterocycles. The van der Waals surface area contributed by atoms with Crippen molar-refractivity contribution in [2.45, 2.75) is 11.8 Å². The van der Waals surface area contributed by atoms with Crippen LogP contribution in [-0.4, -0.2) is 24.2 Å².